The predicted molar refractivity (Wildman–Crippen MR) is 81.2 cm³/mol. The second-order valence-corrected chi connectivity index (χ2v) is 6.20. The number of anilines is 1. The third-order valence-electron chi connectivity index (χ3n) is 3.60. The van der Waals surface area contributed by atoms with Crippen LogP contribution < -0.4 is 5.32 Å². The minimum atomic E-state index is -0.982. The first-order valence-corrected chi connectivity index (χ1v) is 7.49. The first-order valence-electron chi connectivity index (χ1n) is 6.36. The molecule has 0 unspecified atom stereocenters. The summed E-state index contributed by atoms with van der Waals surface area (Å²) in [5.41, 5.74) is -0.673. The Kier molecular flexibility index (Phi) is 4.80. The largest absolute Gasteiger partial charge is 0.322 e. The maximum Gasteiger partial charge on any atom is 0.244 e. The number of hydrogen-bond donors (Lipinski definition) is 1. The fraction of sp³-hybridized carbons (Fsp3) is 0.429. The van der Waals surface area contributed by atoms with Crippen molar-refractivity contribution in [3.05, 3.63) is 27.2 Å². The van der Waals surface area contributed by atoms with Crippen molar-refractivity contribution in [1.29, 1.82) is 5.26 Å². The lowest BCUT2D eigenvalue weighted by Gasteiger charge is -2.29. The zero-order valence-electron chi connectivity index (χ0n) is 10.7. The Morgan fingerprint density at radius 1 is 1.15 bits per heavy atom. The number of nitriles is 1. The molecule has 1 fully saturated rings. The second kappa shape index (κ2) is 6.22. The van der Waals surface area contributed by atoms with Crippen LogP contribution in [0.25, 0.3) is 0 Å². The summed E-state index contributed by atoms with van der Waals surface area (Å²) in [6, 6.07) is 5.17. The van der Waals surface area contributed by atoms with Crippen LogP contribution in [0.1, 0.15) is 32.1 Å². The third-order valence-corrected chi connectivity index (χ3v) is 4.42. The molecule has 106 valence electrons. The maximum atomic E-state index is 12.4. The van der Waals surface area contributed by atoms with Gasteiger partial charge in [-0.1, -0.05) is 54.1 Å². The average molecular weight is 332 g/mol. The minimum Gasteiger partial charge on any atom is -0.322 e. The van der Waals surface area contributed by atoms with E-state index in [-0.39, 0.29) is 16.0 Å². The molecule has 0 spiro atoms. The van der Waals surface area contributed by atoms with E-state index in [1.807, 2.05) is 0 Å². The van der Waals surface area contributed by atoms with Crippen molar-refractivity contribution < 1.29 is 4.79 Å². The molecule has 1 aromatic carbocycles. The highest BCUT2D eigenvalue weighted by atomic mass is 35.5. The van der Waals surface area contributed by atoms with E-state index in [0.717, 1.165) is 19.3 Å². The van der Waals surface area contributed by atoms with Crippen LogP contribution in [0.2, 0.25) is 15.1 Å². The van der Waals surface area contributed by atoms with Crippen LogP contribution in [0.4, 0.5) is 5.69 Å². The second-order valence-electron chi connectivity index (χ2n) is 4.95. The molecule has 6 heteroatoms. The maximum absolute atomic E-state index is 12.4. The van der Waals surface area contributed by atoms with Gasteiger partial charge in [-0.15, -0.1) is 0 Å². The minimum absolute atomic E-state index is 0.264. The average Bonchev–Trinajstić information content (AvgIpc) is 2.43. The Morgan fingerprint density at radius 2 is 1.70 bits per heavy atom. The van der Waals surface area contributed by atoms with E-state index < -0.39 is 5.41 Å². The van der Waals surface area contributed by atoms with Crippen LogP contribution in [-0.4, -0.2) is 5.91 Å². The van der Waals surface area contributed by atoms with Gasteiger partial charge in [-0.2, -0.15) is 5.26 Å². The molecule has 1 N–H and O–H groups in total. The molecule has 1 saturated carbocycles. The molecule has 3 nitrogen and oxygen atoms in total. The number of rotatable bonds is 2. The van der Waals surface area contributed by atoms with E-state index in [1.54, 1.807) is 0 Å². The number of nitrogens with zero attached hydrogens (tertiary/aromatic N) is 1. The van der Waals surface area contributed by atoms with Gasteiger partial charge >= 0.3 is 0 Å². The van der Waals surface area contributed by atoms with Gasteiger partial charge < -0.3 is 5.32 Å². The molecule has 1 aliphatic carbocycles. The molecule has 2 rings (SSSR count). The molecule has 0 bridgehead atoms. The van der Waals surface area contributed by atoms with Crippen molar-refractivity contribution >= 4 is 46.4 Å². The molecule has 0 heterocycles. The standard InChI is InChI=1S/C14H13Cl3N2O/c15-9-6-10(16)12(11(17)7-9)19-13(20)14(8-18)4-2-1-3-5-14/h6-7H,1-5H2,(H,19,20). The summed E-state index contributed by atoms with van der Waals surface area (Å²) < 4.78 is 0. The molecule has 1 aromatic rings. The monoisotopic (exact) mass is 330 g/mol. The molecule has 1 amide bonds. The Morgan fingerprint density at radius 3 is 2.20 bits per heavy atom. The third kappa shape index (κ3) is 3.03. The lowest BCUT2D eigenvalue weighted by molar-refractivity contribution is -0.124. The predicted octanol–water partition coefficient (Wildman–Crippen LogP) is 5.06. The van der Waals surface area contributed by atoms with Crippen LogP contribution in [0.15, 0.2) is 12.1 Å². The van der Waals surface area contributed by atoms with E-state index in [0.29, 0.717) is 23.6 Å². The van der Waals surface area contributed by atoms with Gasteiger partial charge in [-0.05, 0) is 25.0 Å². The van der Waals surface area contributed by atoms with E-state index in [2.05, 4.69) is 11.4 Å². The van der Waals surface area contributed by atoms with Gasteiger partial charge in [0.2, 0.25) is 5.91 Å². The summed E-state index contributed by atoms with van der Waals surface area (Å²) in [5, 5.41) is 13.0. The quantitative estimate of drug-likeness (QED) is 0.823. The number of carbonyl (C=O) groups excluding carboxylic acids is 1. The first-order chi connectivity index (χ1) is 9.48. The van der Waals surface area contributed by atoms with Gasteiger partial charge in [-0.25, -0.2) is 0 Å². The topological polar surface area (TPSA) is 52.9 Å². The smallest absolute Gasteiger partial charge is 0.244 e. The zero-order valence-corrected chi connectivity index (χ0v) is 12.9. The van der Waals surface area contributed by atoms with E-state index in [1.165, 1.54) is 12.1 Å². The van der Waals surface area contributed by atoms with Crippen molar-refractivity contribution in [2.75, 3.05) is 5.32 Å². The van der Waals surface area contributed by atoms with Crippen LogP contribution >= 0.6 is 34.8 Å². The molecular weight excluding hydrogens is 319 g/mol. The molecule has 1 aliphatic rings. The number of carbonyl (C=O) groups is 1. The molecule has 20 heavy (non-hydrogen) atoms. The summed E-state index contributed by atoms with van der Waals surface area (Å²) in [7, 11) is 0. The van der Waals surface area contributed by atoms with Crippen LogP contribution in [-0.2, 0) is 4.79 Å². The van der Waals surface area contributed by atoms with Crippen LogP contribution in [0.5, 0.6) is 0 Å². The molecule has 0 radical (unpaired) electrons. The number of amides is 1. The highest BCUT2D eigenvalue weighted by Crippen LogP contribution is 2.39. The number of halogens is 3. The van der Waals surface area contributed by atoms with Crippen molar-refractivity contribution in [3.63, 3.8) is 0 Å². The Hall–Kier alpha value is -0.950. The van der Waals surface area contributed by atoms with Gasteiger partial charge in [0.05, 0.1) is 21.8 Å². The molecule has 0 saturated heterocycles. The summed E-state index contributed by atoms with van der Waals surface area (Å²) in [6.45, 7) is 0. The molecular formula is C14H13Cl3N2O. The first kappa shape index (κ1) is 15.4. The summed E-state index contributed by atoms with van der Waals surface area (Å²) in [5.74, 6) is -0.342. The van der Waals surface area contributed by atoms with Crippen molar-refractivity contribution in [2.24, 2.45) is 5.41 Å². The molecule has 0 atom stereocenters. The lowest BCUT2D eigenvalue weighted by Crippen LogP contribution is -2.36. The summed E-state index contributed by atoms with van der Waals surface area (Å²) in [6.07, 6.45) is 3.95. The highest BCUT2D eigenvalue weighted by molar-refractivity contribution is 6.42. The van der Waals surface area contributed by atoms with Crippen molar-refractivity contribution in [3.8, 4) is 6.07 Å². The molecule has 0 aliphatic heterocycles. The zero-order chi connectivity index (χ0) is 14.8. The molecule has 0 aromatic heterocycles. The van der Waals surface area contributed by atoms with Gasteiger partial charge in [0, 0.05) is 5.02 Å². The van der Waals surface area contributed by atoms with Gasteiger partial charge in [0.25, 0.3) is 0 Å². The number of benzene rings is 1. The lowest BCUT2D eigenvalue weighted by atomic mass is 9.74. The summed E-state index contributed by atoms with van der Waals surface area (Å²) in [4.78, 5) is 12.4. The Bertz CT molecular complexity index is 551. The fourth-order valence-electron chi connectivity index (χ4n) is 2.44. The van der Waals surface area contributed by atoms with Gasteiger partial charge in [-0.3, -0.25) is 4.79 Å². The number of nitrogens with one attached hydrogen (secondary N) is 1. The van der Waals surface area contributed by atoms with Crippen LogP contribution in [0, 0.1) is 16.7 Å². The van der Waals surface area contributed by atoms with Crippen molar-refractivity contribution in [2.45, 2.75) is 32.1 Å². The van der Waals surface area contributed by atoms with Gasteiger partial charge in [0.15, 0.2) is 0 Å². The summed E-state index contributed by atoms with van der Waals surface area (Å²) >= 11 is 17.9. The van der Waals surface area contributed by atoms with E-state index in [9.17, 15) is 10.1 Å². The van der Waals surface area contributed by atoms with E-state index >= 15 is 0 Å². The Balaban J connectivity index is 2.26. The van der Waals surface area contributed by atoms with Crippen LogP contribution in [0.3, 0.4) is 0 Å². The van der Waals surface area contributed by atoms with Gasteiger partial charge in [0.1, 0.15) is 5.41 Å². The fourth-order valence-corrected chi connectivity index (χ4v) is 3.35. The SMILES string of the molecule is N#CC1(C(=O)Nc2c(Cl)cc(Cl)cc2Cl)CCCCC1. The Labute approximate surface area is 132 Å². The van der Waals surface area contributed by atoms with Crippen molar-refractivity contribution in [1.82, 2.24) is 0 Å². The normalized spacial score (nSPS) is 17.3. The highest BCUT2D eigenvalue weighted by Gasteiger charge is 2.40. The van der Waals surface area contributed by atoms with E-state index in [4.69, 9.17) is 34.8 Å². The number of hydrogen-bond acceptors (Lipinski definition) is 2.